The molecule has 0 aliphatic carbocycles. The van der Waals surface area contributed by atoms with Crippen molar-refractivity contribution in [1.82, 2.24) is 0 Å². The molecule has 0 saturated carbocycles. The fourth-order valence-corrected chi connectivity index (χ4v) is 1.18. The second-order valence-corrected chi connectivity index (χ2v) is 4.46. The molecule has 0 rings (SSSR count). The second-order valence-electron chi connectivity index (χ2n) is 4.46. The van der Waals surface area contributed by atoms with E-state index in [1.165, 1.54) is 38.5 Å². The summed E-state index contributed by atoms with van der Waals surface area (Å²) in [5, 5.41) is 0. The van der Waals surface area contributed by atoms with Crippen LogP contribution in [0.5, 0.6) is 0 Å². The molecule has 0 aromatic rings. The first-order valence-corrected chi connectivity index (χ1v) is 6.57. The maximum Gasteiger partial charge on any atom is 0.122 e. The van der Waals surface area contributed by atoms with Crippen molar-refractivity contribution >= 4 is 12.6 Å². The van der Waals surface area contributed by atoms with Crippen LogP contribution in [0.25, 0.3) is 0 Å². The Morgan fingerprint density at radius 3 is 1.69 bits per heavy atom. The molecule has 0 atom stereocenters. The van der Waals surface area contributed by atoms with Gasteiger partial charge in [0.2, 0.25) is 0 Å². The van der Waals surface area contributed by atoms with Gasteiger partial charge in [-0.25, -0.2) is 0 Å². The lowest BCUT2D eigenvalue weighted by Gasteiger charge is -1.97. The molecule has 0 saturated heterocycles. The number of carbonyl (C=O) groups is 2. The summed E-state index contributed by atoms with van der Waals surface area (Å²) in [6, 6.07) is 0. The molecule has 0 spiro atoms. The number of aldehydes is 2. The maximum atomic E-state index is 9.94. The number of carbonyl (C=O) groups excluding carboxylic acids is 2. The molecule has 0 bridgehead atoms. The van der Waals surface area contributed by atoms with Crippen molar-refractivity contribution in [3.63, 3.8) is 0 Å². The number of hydrogen-bond donors (Lipinski definition) is 0. The first kappa shape index (κ1) is 17.7. The molecule has 0 heterocycles. The molecule has 0 fully saturated rings. The Labute approximate surface area is 101 Å². The zero-order chi connectivity index (χ0) is 12.6. The van der Waals surface area contributed by atoms with E-state index in [-0.39, 0.29) is 5.92 Å². The highest BCUT2D eigenvalue weighted by Gasteiger charge is 1.89. The minimum atomic E-state index is 0.204. The van der Waals surface area contributed by atoms with Crippen molar-refractivity contribution in [1.29, 1.82) is 0 Å². The molecule has 2 nitrogen and oxygen atoms in total. The Morgan fingerprint density at radius 2 is 1.31 bits per heavy atom. The van der Waals surface area contributed by atoms with E-state index in [9.17, 15) is 9.59 Å². The van der Waals surface area contributed by atoms with Crippen LogP contribution in [0, 0.1) is 5.92 Å². The highest BCUT2D eigenvalue weighted by molar-refractivity contribution is 5.51. The Hall–Kier alpha value is -0.660. The third kappa shape index (κ3) is 23.3. The molecule has 0 unspecified atom stereocenters. The van der Waals surface area contributed by atoms with Crippen molar-refractivity contribution < 1.29 is 9.59 Å². The molecular weight excluding hydrogens is 200 g/mol. The van der Waals surface area contributed by atoms with E-state index >= 15 is 0 Å². The van der Waals surface area contributed by atoms with Crippen LogP contribution in [0.3, 0.4) is 0 Å². The minimum absolute atomic E-state index is 0.204. The van der Waals surface area contributed by atoms with Crippen LogP contribution in [0.15, 0.2) is 0 Å². The highest BCUT2D eigenvalue weighted by atomic mass is 16.1. The molecule has 0 aromatic carbocycles. The van der Waals surface area contributed by atoms with Gasteiger partial charge in [0.25, 0.3) is 0 Å². The van der Waals surface area contributed by atoms with Crippen molar-refractivity contribution in [2.24, 2.45) is 5.92 Å². The Morgan fingerprint density at radius 1 is 0.875 bits per heavy atom. The fourth-order valence-electron chi connectivity index (χ4n) is 1.18. The molecule has 16 heavy (non-hydrogen) atoms. The molecular formula is C14H28O2. The number of rotatable bonds is 9. The van der Waals surface area contributed by atoms with Gasteiger partial charge in [0.05, 0.1) is 0 Å². The number of unbranched alkanes of at least 4 members (excludes halogenated alkanes) is 7. The Kier molecular flexibility index (Phi) is 18.6. The molecule has 0 aliphatic heterocycles. The summed E-state index contributed by atoms with van der Waals surface area (Å²) in [5.74, 6) is 0.204. The maximum absolute atomic E-state index is 9.94. The SMILES string of the molecule is CC(C)C=O.CCCCCCCCCC=O. The summed E-state index contributed by atoms with van der Waals surface area (Å²) >= 11 is 0. The van der Waals surface area contributed by atoms with E-state index in [4.69, 9.17) is 0 Å². The van der Waals surface area contributed by atoms with Crippen LogP contribution in [-0.2, 0) is 9.59 Å². The van der Waals surface area contributed by atoms with Gasteiger partial charge in [-0.2, -0.15) is 0 Å². The molecule has 0 radical (unpaired) electrons. The van der Waals surface area contributed by atoms with Gasteiger partial charge >= 0.3 is 0 Å². The van der Waals surface area contributed by atoms with Gasteiger partial charge in [-0.05, 0) is 6.42 Å². The van der Waals surface area contributed by atoms with Crippen LogP contribution in [0.2, 0.25) is 0 Å². The van der Waals surface area contributed by atoms with Gasteiger partial charge < -0.3 is 9.59 Å². The van der Waals surface area contributed by atoms with Gasteiger partial charge in [0.15, 0.2) is 0 Å². The van der Waals surface area contributed by atoms with Gasteiger partial charge in [-0.1, -0.05) is 59.3 Å². The molecule has 2 heteroatoms. The third-order valence-corrected chi connectivity index (χ3v) is 2.20. The number of hydrogen-bond acceptors (Lipinski definition) is 2. The topological polar surface area (TPSA) is 34.1 Å². The van der Waals surface area contributed by atoms with Gasteiger partial charge in [0.1, 0.15) is 12.6 Å². The predicted molar refractivity (Wildman–Crippen MR) is 69.6 cm³/mol. The lowest BCUT2D eigenvalue weighted by molar-refractivity contribution is -0.110. The largest absolute Gasteiger partial charge is 0.303 e. The molecule has 0 aliphatic rings. The van der Waals surface area contributed by atoms with Crippen LogP contribution in [0.4, 0.5) is 0 Å². The average molecular weight is 228 g/mol. The summed E-state index contributed by atoms with van der Waals surface area (Å²) < 4.78 is 0. The summed E-state index contributed by atoms with van der Waals surface area (Å²) in [4.78, 5) is 19.4. The van der Waals surface area contributed by atoms with Crippen molar-refractivity contribution in [2.45, 2.75) is 72.1 Å². The van der Waals surface area contributed by atoms with Crippen LogP contribution in [-0.4, -0.2) is 12.6 Å². The highest BCUT2D eigenvalue weighted by Crippen LogP contribution is 2.07. The van der Waals surface area contributed by atoms with Gasteiger partial charge in [-0.3, -0.25) is 0 Å². The average Bonchev–Trinajstić information content (AvgIpc) is 2.29. The zero-order valence-corrected chi connectivity index (χ0v) is 11.2. The van der Waals surface area contributed by atoms with Crippen LogP contribution >= 0.6 is 0 Å². The van der Waals surface area contributed by atoms with E-state index in [1.807, 2.05) is 13.8 Å². The smallest absolute Gasteiger partial charge is 0.122 e. The van der Waals surface area contributed by atoms with Gasteiger partial charge in [0, 0.05) is 12.3 Å². The molecule has 0 amide bonds. The standard InChI is InChI=1S/C10H20O.C4H8O/c1-2-3-4-5-6-7-8-9-10-11;1-4(2)3-5/h10H,2-9H2,1H3;3-4H,1-2H3. The fraction of sp³-hybridized carbons (Fsp3) is 0.857. The van der Waals surface area contributed by atoms with E-state index in [2.05, 4.69) is 6.92 Å². The Balaban J connectivity index is 0. The van der Waals surface area contributed by atoms with E-state index in [1.54, 1.807) is 0 Å². The predicted octanol–water partition coefficient (Wildman–Crippen LogP) is 4.17. The molecule has 0 N–H and O–H groups in total. The monoisotopic (exact) mass is 228 g/mol. The summed E-state index contributed by atoms with van der Waals surface area (Å²) in [6.45, 7) is 5.94. The quantitative estimate of drug-likeness (QED) is 0.438. The summed E-state index contributed by atoms with van der Waals surface area (Å²) in [5.41, 5.74) is 0. The van der Waals surface area contributed by atoms with Crippen LogP contribution in [0.1, 0.15) is 72.1 Å². The van der Waals surface area contributed by atoms with Crippen molar-refractivity contribution in [2.75, 3.05) is 0 Å². The minimum Gasteiger partial charge on any atom is -0.303 e. The molecule has 0 aromatic heterocycles. The van der Waals surface area contributed by atoms with E-state index < -0.39 is 0 Å². The Bertz CT molecular complexity index is 142. The van der Waals surface area contributed by atoms with E-state index in [0.717, 1.165) is 25.4 Å². The van der Waals surface area contributed by atoms with Crippen LogP contribution < -0.4 is 0 Å². The van der Waals surface area contributed by atoms with Crippen molar-refractivity contribution in [3.05, 3.63) is 0 Å². The summed E-state index contributed by atoms with van der Waals surface area (Å²) in [6.07, 6.45) is 11.7. The van der Waals surface area contributed by atoms with Gasteiger partial charge in [-0.15, -0.1) is 0 Å². The molecule has 96 valence electrons. The second kappa shape index (κ2) is 16.8. The first-order chi connectivity index (χ1) is 7.68. The summed E-state index contributed by atoms with van der Waals surface area (Å²) in [7, 11) is 0. The lowest BCUT2D eigenvalue weighted by Crippen LogP contribution is -1.82. The zero-order valence-electron chi connectivity index (χ0n) is 11.2. The third-order valence-electron chi connectivity index (χ3n) is 2.20. The first-order valence-electron chi connectivity index (χ1n) is 6.57. The van der Waals surface area contributed by atoms with E-state index in [0.29, 0.717) is 0 Å². The normalized spacial score (nSPS) is 9.50. The van der Waals surface area contributed by atoms with Crippen molar-refractivity contribution in [3.8, 4) is 0 Å². The lowest BCUT2D eigenvalue weighted by atomic mass is 10.1.